The second-order valence-corrected chi connectivity index (χ2v) is 5.79. The number of benzene rings is 1. The number of carbonyl (C=O) groups excluding carboxylic acids is 3. The zero-order chi connectivity index (χ0) is 18.7. The van der Waals surface area contributed by atoms with Crippen LogP contribution in [-0.4, -0.2) is 50.4 Å². The summed E-state index contributed by atoms with van der Waals surface area (Å²) in [7, 11) is 4.82. The molecule has 1 N–H and O–H groups in total. The molecule has 0 bridgehead atoms. The lowest BCUT2D eigenvalue weighted by Crippen LogP contribution is -2.26. The van der Waals surface area contributed by atoms with Gasteiger partial charge in [-0.1, -0.05) is 24.3 Å². The molecule has 2 amide bonds. The summed E-state index contributed by atoms with van der Waals surface area (Å²) in [5.74, 6) is -0.459. The number of allylic oxidation sites excluding steroid dienone is 1. The Bertz CT molecular complexity index is 624. The van der Waals surface area contributed by atoms with Crippen molar-refractivity contribution in [1.82, 2.24) is 10.2 Å². The highest BCUT2D eigenvalue weighted by Crippen LogP contribution is 2.09. The number of amides is 2. The second kappa shape index (κ2) is 11.0. The summed E-state index contributed by atoms with van der Waals surface area (Å²) < 4.78 is 4.53. The zero-order valence-electron chi connectivity index (χ0n) is 15.1. The van der Waals surface area contributed by atoms with Crippen LogP contribution in [-0.2, 0) is 14.3 Å². The van der Waals surface area contributed by atoms with Crippen LogP contribution in [0, 0.1) is 0 Å². The van der Waals surface area contributed by atoms with Crippen LogP contribution in [0.1, 0.15) is 41.6 Å². The van der Waals surface area contributed by atoms with E-state index < -0.39 is 0 Å². The topological polar surface area (TPSA) is 75.7 Å². The van der Waals surface area contributed by atoms with Crippen molar-refractivity contribution in [3.63, 3.8) is 0 Å². The molecule has 1 aromatic carbocycles. The summed E-state index contributed by atoms with van der Waals surface area (Å²) in [6.07, 6.45) is 6.20. The Balaban J connectivity index is 2.45. The molecular weight excluding hydrogens is 320 g/mol. The highest BCUT2D eigenvalue weighted by Gasteiger charge is 2.07. The molecule has 0 aliphatic carbocycles. The Kier molecular flexibility index (Phi) is 9.00. The van der Waals surface area contributed by atoms with Gasteiger partial charge in [0, 0.05) is 32.6 Å². The minimum atomic E-state index is -0.357. The normalized spacial score (nSPS) is 10.5. The first kappa shape index (κ1) is 20.4. The van der Waals surface area contributed by atoms with Gasteiger partial charge in [-0.15, -0.1) is 0 Å². The molecule has 0 radical (unpaired) electrons. The van der Waals surface area contributed by atoms with Gasteiger partial charge in [-0.05, 0) is 30.5 Å². The van der Waals surface area contributed by atoms with Gasteiger partial charge in [0.15, 0.2) is 0 Å². The monoisotopic (exact) mass is 346 g/mol. The van der Waals surface area contributed by atoms with Crippen LogP contribution in [0.15, 0.2) is 30.3 Å². The fraction of sp³-hybridized carbons (Fsp3) is 0.421. The van der Waals surface area contributed by atoms with Crippen molar-refractivity contribution in [2.45, 2.75) is 25.7 Å². The van der Waals surface area contributed by atoms with E-state index in [1.54, 1.807) is 31.1 Å². The van der Waals surface area contributed by atoms with Crippen molar-refractivity contribution in [3.05, 3.63) is 41.5 Å². The Hall–Kier alpha value is -2.63. The predicted molar refractivity (Wildman–Crippen MR) is 97.0 cm³/mol. The molecule has 0 aromatic heterocycles. The summed E-state index contributed by atoms with van der Waals surface area (Å²) in [4.78, 5) is 36.1. The lowest BCUT2D eigenvalue weighted by molar-refractivity contribution is -0.140. The van der Waals surface area contributed by atoms with Crippen molar-refractivity contribution >= 4 is 23.9 Å². The number of methoxy groups -OCH3 is 1. The minimum absolute atomic E-state index is 0.124. The van der Waals surface area contributed by atoms with Crippen molar-refractivity contribution in [2.24, 2.45) is 0 Å². The first-order valence-corrected chi connectivity index (χ1v) is 8.26. The maximum Gasteiger partial charge on any atom is 0.307 e. The highest BCUT2D eigenvalue weighted by molar-refractivity contribution is 5.94. The van der Waals surface area contributed by atoms with Crippen LogP contribution in [0.2, 0.25) is 0 Å². The molecule has 0 saturated heterocycles. The third kappa shape index (κ3) is 8.15. The van der Waals surface area contributed by atoms with Gasteiger partial charge in [-0.2, -0.15) is 0 Å². The Morgan fingerprint density at radius 3 is 2.64 bits per heavy atom. The molecule has 0 unspecified atom stereocenters. The number of esters is 1. The van der Waals surface area contributed by atoms with E-state index in [-0.39, 0.29) is 30.7 Å². The summed E-state index contributed by atoms with van der Waals surface area (Å²) in [5.41, 5.74) is 1.45. The molecule has 0 atom stereocenters. The van der Waals surface area contributed by atoms with E-state index in [2.05, 4.69) is 10.1 Å². The number of hydrogen-bond donors (Lipinski definition) is 1. The first-order chi connectivity index (χ1) is 11.9. The van der Waals surface area contributed by atoms with Crippen LogP contribution in [0.25, 0.3) is 6.08 Å². The van der Waals surface area contributed by atoms with E-state index >= 15 is 0 Å². The van der Waals surface area contributed by atoms with Gasteiger partial charge in [0.2, 0.25) is 5.91 Å². The van der Waals surface area contributed by atoms with E-state index in [4.69, 9.17) is 0 Å². The average Bonchev–Trinajstić information content (AvgIpc) is 2.61. The number of hydrogen-bond acceptors (Lipinski definition) is 4. The van der Waals surface area contributed by atoms with E-state index in [0.717, 1.165) is 18.4 Å². The molecule has 1 rings (SSSR count). The number of nitrogens with zero attached hydrogens (tertiary/aromatic N) is 1. The third-order valence-electron chi connectivity index (χ3n) is 3.56. The van der Waals surface area contributed by atoms with Gasteiger partial charge in [-0.25, -0.2) is 0 Å². The maximum atomic E-state index is 12.1. The molecule has 0 heterocycles. The van der Waals surface area contributed by atoms with Crippen LogP contribution < -0.4 is 5.32 Å². The molecule has 1 aromatic rings. The van der Waals surface area contributed by atoms with Gasteiger partial charge in [0.25, 0.3) is 5.91 Å². The van der Waals surface area contributed by atoms with E-state index in [9.17, 15) is 14.4 Å². The fourth-order valence-corrected chi connectivity index (χ4v) is 2.08. The second-order valence-electron chi connectivity index (χ2n) is 5.79. The Labute approximate surface area is 148 Å². The molecule has 0 spiro atoms. The molecule has 136 valence electrons. The number of carbonyl (C=O) groups is 3. The lowest BCUT2D eigenvalue weighted by Gasteiger charge is -2.08. The van der Waals surface area contributed by atoms with Crippen molar-refractivity contribution in [2.75, 3.05) is 27.7 Å². The van der Waals surface area contributed by atoms with E-state index in [1.165, 1.54) is 7.11 Å². The standard InChI is InChI=1S/C19H26N2O4/c1-21(2)17(22)11-6-4-5-8-15-9-7-10-16(14-15)19(24)20-13-12-18(23)25-3/h5,7-10,14H,4,6,11-13H2,1-3H3,(H,20,24)/b8-5+. The molecule has 0 aliphatic heterocycles. The van der Waals surface area contributed by atoms with Gasteiger partial charge in [0.05, 0.1) is 13.5 Å². The summed E-state index contributed by atoms with van der Waals surface area (Å²) in [6.45, 7) is 0.242. The number of nitrogens with one attached hydrogen (secondary N) is 1. The van der Waals surface area contributed by atoms with Crippen LogP contribution in [0.3, 0.4) is 0 Å². The molecular formula is C19H26N2O4. The van der Waals surface area contributed by atoms with E-state index in [0.29, 0.717) is 12.0 Å². The molecule has 6 heteroatoms. The molecule has 6 nitrogen and oxygen atoms in total. The van der Waals surface area contributed by atoms with Gasteiger partial charge in [-0.3, -0.25) is 14.4 Å². The molecule has 0 saturated carbocycles. The van der Waals surface area contributed by atoms with Gasteiger partial charge >= 0.3 is 5.97 Å². The zero-order valence-corrected chi connectivity index (χ0v) is 15.1. The SMILES string of the molecule is COC(=O)CCNC(=O)c1cccc(/C=C/CCCC(=O)N(C)C)c1. The maximum absolute atomic E-state index is 12.1. The largest absolute Gasteiger partial charge is 0.469 e. The number of unbranched alkanes of at least 4 members (excludes halogenated alkanes) is 1. The van der Waals surface area contributed by atoms with Crippen molar-refractivity contribution in [3.8, 4) is 0 Å². The van der Waals surface area contributed by atoms with Crippen molar-refractivity contribution < 1.29 is 19.1 Å². The highest BCUT2D eigenvalue weighted by atomic mass is 16.5. The molecule has 0 aliphatic rings. The third-order valence-corrected chi connectivity index (χ3v) is 3.56. The number of rotatable bonds is 9. The summed E-state index contributed by atoms with van der Waals surface area (Å²) in [5, 5.41) is 2.68. The average molecular weight is 346 g/mol. The molecule has 0 fully saturated rings. The minimum Gasteiger partial charge on any atom is -0.469 e. The molecule has 25 heavy (non-hydrogen) atoms. The smallest absolute Gasteiger partial charge is 0.307 e. The van der Waals surface area contributed by atoms with E-state index in [1.807, 2.05) is 24.3 Å². The Morgan fingerprint density at radius 1 is 1.20 bits per heavy atom. The lowest BCUT2D eigenvalue weighted by atomic mass is 10.1. The van der Waals surface area contributed by atoms with Crippen LogP contribution in [0.4, 0.5) is 0 Å². The fourth-order valence-electron chi connectivity index (χ4n) is 2.08. The number of ether oxygens (including phenoxy) is 1. The van der Waals surface area contributed by atoms with Gasteiger partial charge in [0.1, 0.15) is 0 Å². The Morgan fingerprint density at radius 2 is 1.96 bits per heavy atom. The predicted octanol–water partition coefficient (Wildman–Crippen LogP) is 2.25. The summed E-state index contributed by atoms with van der Waals surface area (Å²) in [6, 6.07) is 7.23. The quantitative estimate of drug-likeness (QED) is 0.550. The first-order valence-electron chi connectivity index (χ1n) is 8.26. The van der Waals surface area contributed by atoms with Crippen LogP contribution in [0.5, 0.6) is 0 Å². The van der Waals surface area contributed by atoms with Gasteiger partial charge < -0.3 is 15.0 Å². The van der Waals surface area contributed by atoms with Crippen LogP contribution >= 0.6 is 0 Å². The summed E-state index contributed by atoms with van der Waals surface area (Å²) >= 11 is 0. The van der Waals surface area contributed by atoms with Crippen molar-refractivity contribution in [1.29, 1.82) is 0 Å².